The first-order valence-electron chi connectivity index (χ1n) is 5.01. The molecule has 0 saturated carbocycles. The van der Waals surface area contributed by atoms with E-state index in [0.29, 0.717) is 0 Å². The fourth-order valence-electron chi connectivity index (χ4n) is 0.759. The third-order valence-corrected chi connectivity index (χ3v) is 2.82. The molecule has 0 atom stereocenters. The van der Waals surface area contributed by atoms with Crippen LogP contribution in [0.25, 0.3) is 0 Å². The van der Waals surface area contributed by atoms with E-state index < -0.39 is 9.53 Å². The lowest BCUT2D eigenvalue weighted by atomic mass is 10.4. The Labute approximate surface area is 83.3 Å². The first-order chi connectivity index (χ1) is 6.35. The van der Waals surface area contributed by atoms with E-state index in [1.54, 1.807) is 7.11 Å². The molecule has 13 heavy (non-hydrogen) atoms. The van der Waals surface area contributed by atoms with Gasteiger partial charge in [-0.2, -0.15) is 0 Å². The van der Waals surface area contributed by atoms with Gasteiger partial charge in [0.05, 0.1) is 0 Å². The van der Waals surface area contributed by atoms with E-state index in [-0.39, 0.29) is 0 Å². The second kappa shape index (κ2) is 10.2. The molecule has 0 aromatic carbocycles. The van der Waals surface area contributed by atoms with Crippen molar-refractivity contribution in [3.05, 3.63) is 0 Å². The van der Waals surface area contributed by atoms with Gasteiger partial charge in [-0.15, -0.1) is 0 Å². The first kappa shape index (κ1) is 13.1. The van der Waals surface area contributed by atoms with Crippen molar-refractivity contribution in [3.8, 4) is 0 Å². The van der Waals surface area contributed by atoms with Crippen molar-refractivity contribution in [3.63, 3.8) is 0 Å². The van der Waals surface area contributed by atoms with Crippen molar-refractivity contribution in [2.75, 3.05) is 20.3 Å². The Morgan fingerprint density at radius 1 is 0.923 bits per heavy atom. The van der Waals surface area contributed by atoms with Gasteiger partial charge in [-0.25, -0.2) is 0 Å². The maximum Gasteiger partial charge on any atom is 0.577 e. The van der Waals surface area contributed by atoms with Crippen LogP contribution in [0, 0.1) is 0 Å². The number of rotatable bonds is 9. The Morgan fingerprint density at radius 3 is 1.69 bits per heavy atom. The van der Waals surface area contributed by atoms with Gasteiger partial charge < -0.3 is 13.3 Å². The molecule has 4 heteroatoms. The summed E-state index contributed by atoms with van der Waals surface area (Å²) in [5.74, 6) is 0. The summed E-state index contributed by atoms with van der Waals surface area (Å²) in [5.41, 5.74) is 0. The van der Waals surface area contributed by atoms with Gasteiger partial charge in [-0.3, -0.25) is 0 Å². The zero-order valence-electron chi connectivity index (χ0n) is 8.97. The highest BCUT2D eigenvalue weighted by atomic mass is 28.3. The maximum absolute atomic E-state index is 5.44. The van der Waals surface area contributed by atoms with Gasteiger partial charge in [0.15, 0.2) is 0 Å². The van der Waals surface area contributed by atoms with Crippen LogP contribution in [0.3, 0.4) is 0 Å². The number of hydrogen-bond acceptors (Lipinski definition) is 3. The van der Waals surface area contributed by atoms with E-state index in [4.69, 9.17) is 13.3 Å². The van der Waals surface area contributed by atoms with Crippen LogP contribution in [0.2, 0.25) is 0 Å². The second-order valence-electron chi connectivity index (χ2n) is 2.86. The molecular formula is C9H21O3Si. The third kappa shape index (κ3) is 8.43. The largest absolute Gasteiger partial charge is 0.577 e. The molecule has 79 valence electrons. The van der Waals surface area contributed by atoms with Gasteiger partial charge >= 0.3 is 9.53 Å². The number of unbranched alkanes of at least 4 members (excludes halogenated alkanes) is 2. The Morgan fingerprint density at radius 2 is 1.38 bits per heavy atom. The summed E-state index contributed by atoms with van der Waals surface area (Å²) < 4.78 is 16.0. The van der Waals surface area contributed by atoms with E-state index in [2.05, 4.69) is 13.8 Å². The molecule has 3 nitrogen and oxygen atoms in total. The lowest BCUT2D eigenvalue weighted by molar-refractivity contribution is 0.110. The van der Waals surface area contributed by atoms with Crippen molar-refractivity contribution in [1.29, 1.82) is 0 Å². The van der Waals surface area contributed by atoms with Crippen molar-refractivity contribution < 1.29 is 13.3 Å². The van der Waals surface area contributed by atoms with E-state index in [1.165, 1.54) is 0 Å². The summed E-state index contributed by atoms with van der Waals surface area (Å²) in [6.45, 7) is 5.79. The minimum atomic E-state index is -1.43. The van der Waals surface area contributed by atoms with Gasteiger partial charge in [0.25, 0.3) is 0 Å². The molecule has 0 fully saturated rings. The quantitative estimate of drug-likeness (QED) is 0.427. The van der Waals surface area contributed by atoms with Crippen molar-refractivity contribution >= 4 is 9.53 Å². The van der Waals surface area contributed by atoms with Gasteiger partial charge in [-0.1, -0.05) is 26.7 Å². The van der Waals surface area contributed by atoms with Crippen molar-refractivity contribution in [2.45, 2.75) is 39.5 Å². The van der Waals surface area contributed by atoms with Crippen LogP contribution >= 0.6 is 0 Å². The standard InChI is InChI=1S/C9H21O3Si/c1-4-6-8-11-13(10-3)12-9-7-5-2/h4-9H2,1-3H3. The zero-order valence-corrected chi connectivity index (χ0v) is 9.97. The molecule has 0 aromatic rings. The van der Waals surface area contributed by atoms with Gasteiger partial charge in [0.2, 0.25) is 0 Å². The van der Waals surface area contributed by atoms with Crippen LogP contribution in [0.1, 0.15) is 39.5 Å². The fraction of sp³-hybridized carbons (Fsp3) is 1.00. The lowest BCUT2D eigenvalue weighted by Gasteiger charge is -2.11. The summed E-state index contributed by atoms with van der Waals surface area (Å²) in [4.78, 5) is 0. The predicted octanol–water partition coefficient (Wildman–Crippen LogP) is 2.25. The molecule has 0 heterocycles. The average molecular weight is 205 g/mol. The van der Waals surface area contributed by atoms with E-state index in [0.717, 1.165) is 38.9 Å². The average Bonchev–Trinajstić information content (AvgIpc) is 2.16. The molecule has 0 amide bonds. The summed E-state index contributed by atoms with van der Waals surface area (Å²) in [6, 6.07) is 0. The summed E-state index contributed by atoms with van der Waals surface area (Å²) in [6.07, 6.45) is 4.45. The molecule has 0 aromatic heterocycles. The monoisotopic (exact) mass is 205 g/mol. The first-order valence-corrected chi connectivity index (χ1v) is 6.24. The highest BCUT2D eigenvalue weighted by Crippen LogP contribution is 1.97. The van der Waals surface area contributed by atoms with Crippen LogP contribution in [0.15, 0.2) is 0 Å². The van der Waals surface area contributed by atoms with Gasteiger partial charge in [-0.05, 0) is 12.8 Å². The predicted molar refractivity (Wildman–Crippen MR) is 54.5 cm³/mol. The Bertz CT molecular complexity index is 90.9. The highest BCUT2D eigenvalue weighted by molar-refractivity contribution is 6.36. The second-order valence-corrected chi connectivity index (χ2v) is 4.34. The summed E-state index contributed by atoms with van der Waals surface area (Å²) >= 11 is 0. The lowest BCUT2D eigenvalue weighted by Crippen LogP contribution is -2.26. The van der Waals surface area contributed by atoms with Crippen LogP contribution in [-0.4, -0.2) is 29.9 Å². The normalized spacial score (nSPS) is 11.1. The molecule has 0 spiro atoms. The topological polar surface area (TPSA) is 27.7 Å². The van der Waals surface area contributed by atoms with Crippen LogP contribution in [0.5, 0.6) is 0 Å². The maximum atomic E-state index is 5.44. The minimum Gasteiger partial charge on any atom is -0.375 e. The van der Waals surface area contributed by atoms with Crippen LogP contribution in [-0.2, 0) is 13.3 Å². The molecule has 0 bridgehead atoms. The molecule has 0 saturated heterocycles. The Hall–Kier alpha value is 0.0969. The fourth-order valence-corrected chi connectivity index (χ4v) is 1.70. The van der Waals surface area contributed by atoms with Crippen LogP contribution < -0.4 is 0 Å². The van der Waals surface area contributed by atoms with Crippen LogP contribution in [0.4, 0.5) is 0 Å². The molecular weight excluding hydrogens is 184 g/mol. The highest BCUT2D eigenvalue weighted by Gasteiger charge is 2.15. The van der Waals surface area contributed by atoms with E-state index >= 15 is 0 Å². The molecule has 1 radical (unpaired) electrons. The molecule has 0 unspecified atom stereocenters. The van der Waals surface area contributed by atoms with Crippen molar-refractivity contribution in [2.24, 2.45) is 0 Å². The molecule has 0 N–H and O–H groups in total. The molecule has 0 aliphatic heterocycles. The van der Waals surface area contributed by atoms with Gasteiger partial charge in [0, 0.05) is 20.3 Å². The molecule has 0 aliphatic rings. The summed E-state index contributed by atoms with van der Waals surface area (Å²) in [7, 11) is 0.216. The molecule has 0 rings (SSSR count). The molecule has 0 aliphatic carbocycles. The van der Waals surface area contributed by atoms with E-state index in [1.807, 2.05) is 0 Å². The Kier molecular flexibility index (Phi) is 10.3. The zero-order chi connectivity index (χ0) is 9.94. The Balaban J connectivity index is 3.28. The minimum absolute atomic E-state index is 0.755. The number of hydrogen-bond donors (Lipinski definition) is 0. The summed E-state index contributed by atoms with van der Waals surface area (Å²) in [5, 5.41) is 0. The smallest absolute Gasteiger partial charge is 0.375 e. The van der Waals surface area contributed by atoms with Gasteiger partial charge in [0.1, 0.15) is 0 Å². The SMILES string of the molecule is CCCCO[Si](OC)OCCCC. The van der Waals surface area contributed by atoms with E-state index in [9.17, 15) is 0 Å². The third-order valence-electron chi connectivity index (χ3n) is 1.60. The van der Waals surface area contributed by atoms with Crippen molar-refractivity contribution in [1.82, 2.24) is 0 Å².